The Balaban J connectivity index is 2.06. The van der Waals surface area contributed by atoms with E-state index in [-0.39, 0.29) is 5.56 Å². The second kappa shape index (κ2) is 5.21. The van der Waals surface area contributed by atoms with E-state index in [1.807, 2.05) is 0 Å². The quantitative estimate of drug-likeness (QED) is 0.883. The molecule has 0 amide bonds. The molecule has 2 N–H and O–H groups in total. The molecule has 5 heteroatoms. The van der Waals surface area contributed by atoms with Gasteiger partial charge in [0.15, 0.2) is 0 Å². The highest BCUT2D eigenvalue weighted by Gasteiger charge is 2.25. The van der Waals surface area contributed by atoms with Gasteiger partial charge < -0.3 is 10.3 Å². The Labute approximate surface area is 109 Å². The lowest BCUT2D eigenvalue weighted by atomic mass is 9.79. The summed E-state index contributed by atoms with van der Waals surface area (Å²) in [4.78, 5) is 18.1. The van der Waals surface area contributed by atoms with Gasteiger partial charge in [-0.3, -0.25) is 4.79 Å². The fourth-order valence-electron chi connectivity index (χ4n) is 2.36. The molecule has 1 aliphatic rings. The molecule has 0 saturated heterocycles. The zero-order valence-corrected chi connectivity index (χ0v) is 11.8. The Hall–Kier alpha value is -0.840. The summed E-state index contributed by atoms with van der Waals surface area (Å²) in [5.74, 6) is 2.17. The van der Waals surface area contributed by atoms with Gasteiger partial charge in [-0.15, -0.1) is 0 Å². The van der Waals surface area contributed by atoms with Crippen LogP contribution in [0.25, 0.3) is 0 Å². The number of anilines is 1. The summed E-state index contributed by atoms with van der Waals surface area (Å²) < 4.78 is 0.492. The molecular formula is C12H18BrN3O. The lowest BCUT2D eigenvalue weighted by Gasteiger charge is -2.32. The molecule has 1 aromatic heterocycles. The molecule has 1 heterocycles. The number of aromatic amines is 1. The number of H-pyrrole nitrogens is 1. The summed E-state index contributed by atoms with van der Waals surface area (Å²) in [6.07, 6.45) is 4.96. The van der Waals surface area contributed by atoms with E-state index >= 15 is 0 Å². The molecule has 1 aromatic rings. The van der Waals surface area contributed by atoms with E-state index in [0.29, 0.717) is 16.3 Å². The molecule has 0 bridgehead atoms. The van der Waals surface area contributed by atoms with Crippen molar-refractivity contribution in [3.8, 4) is 0 Å². The van der Waals surface area contributed by atoms with Crippen LogP contribution in [0.2, 0.25) is 0 Å². The first-order valence-electron chi connectivity index (χ1n) is 6.07. The molecule has 1 fully saturated rings. The van der Waals surface area contributed by atoms with E-state index in [1.165, 1.54) is 12.7 Å². The highest BCUT2D eigenvalue weighted by atomic mass is 79.9. The lowest BCUT2D eigenvalue weighted by Crippen LogP contribution is -2.31. The van der Waals surface area contributed by atoms with Crippen molar-refractivity contribution in [1.82, 2.24) is 9.97 Å². The van der Waals surface area contributed by atoms with Gasteiger partial charge in [-0.05, 0) is 47.0 Å². The largest absolute Gasteiger partial charge is 0.366 e. The van der Waals surface area contributed by atoms with Crippen LogP contribution in [-0.2, 0) is 0 Å². The number of nitrogens with zero attached hydrogens (tertiary/aromatic N) is 1. The van der Waals surface area contributed by atoms with Crippen molar-refractivity contribution in [2.75, 3.05) is 5.32 Å². The van der Waals surface area contributed by atoms with Crippen molar-refractivity contribution < 1.29 is 0 Å². The number of hydrogen-bond acceptors (Lipinski definition) is 3. The Morgan fingerprint density at radius 1 is 1.41 bits per heavy atom. The van der Waals surface area contributed by atoms with Crippen LogP contribution in [0.15, 0.2) is 15.6 Å². The molecule has 2 rings (SSSR count). The summed E-state index contributed by atoms with van der Waals surface area (Å²) in [5, 5.41) is 3.36. The molecule has 0 spiro atoms. The van der Waals surface area contributed by atoms with Gasteiger partial charge in [-0.25, -0.2) is 4.98 Å². The van der Waals surface area contributed by atoms with Crippen molar-refractivity contribution in [3.05, 3.63) is 21.2 Å². The SMILES string of the molecule is CC1CCC(Nc2nc[nH]c(=O)c2Br)CC1C. The number of aromatic nitrogens is 2. The molecule has 1 saturated carbocycles. The molecule has 3 unspecified atom stereocenters. The molecule has 94 valence electrons. The summed E-state index contributed by atoms with van der Waals surface area (Å²) in [6.45, 7) is 4.60. The van der Waals surface area contributed by atoms with Crippen LogP contribution < -0.4 is 10.9 Å². The standard InChI is InChI=1S/C12H18BrN3O/c1-7-3-4-9(5-8(7)2)16-11-10(13)12(17)15-6-14-11/h6-9H,3-5H2,1-2H3,(H2,14,15,16,17). The third kappa shape index (κ3) is 2.89. The zero-order valence-electron chi connectivity index (χ0n) is 10.2. The number of nitrogens with one attached hydrogen (secondary N) is 2. The molecule has 4 nitrogen and oxygen atoms in total. The summed E-state index contributed by atoms with van der Waals surface area (Å²) in [5.41, 5.74) is -0.139. The molecule has 1 aliphatic carbocycles. The fraction of sp³-hybridized carbons (Fsp3) is 0.667. The molecule has 0 aliphatic heterocycles. The minimum absolute atomic E-state index is 0.139. The predicted octanol–water partition coefficient (Wildman–Crippen LogP) is 2.77. The first-order chi connectivity index (χ1) is 8.08. The molecular weight excluding hydrogens is 282 g/mol. The van der Waals surface area contributed by atoms with Crippen LogP contribution in [0.5, 0.6) is 0 Å². The highest BCUT2D eigenvalue weighted by molar-refractivity contribution is 9.10. The smallest absolute Gasteiger partial charge is 0.267 e. The first kappa shape index (κ1) is 12.6. The number of rotatable bonds is 2. The fourth-order valence-corrected chi connectivity index (χ4v) is 2.69. The van der Waals surface area contributed by atoms with Crippen molar-refractivity contribution in [2.24, 2.45) is 11.8 Å². The Morgan fingerprint density at radius 2 is 2.18 bits per heavy atom. The predicted molar refractivity (Wildman–Crippen MR) is 72.1 cm³/mol. The van der Waals surface area contributed by atoms with Crippen molar-refractivity contribution >= 4 is 21.7 Å². The highest BCUT2D eigenvalue weighted by Crippen LogP contribution is 2.31. The third-order valence-corrected chi connectivity index (χ3v) is 4.47. The van der Waals surface area contributed by atoms with Gasteiger partial charge in [0.05, 0.1) is 6.33 Å². The Kier molecular flexibility index (Phi) is 3.86. The number of halogens is 1. The van der Waals surface area contributed by atoms with Crippen molar-refractivity contribution in [3.63, 3.8) is 0 Å². The monoisotopic (exact) mass is 299 g/mol. The van der Waals surface area contributed by atoms with Crippen LogP contribution in [0.1, 0.15) is 33.1 Å². The average molecular weight is 300 g/mol. The van der Waals surface area contributed by atoms with Crippen LogP contribution in [0.4, 0.5) is 5.82 Å². The maximum absolute atomic E-state index is 11.4. The van der Waals surface area contributed by atoms with Gasteiger partial charge in [-0.2, -0.15) is 0 Å². The van der Waals surface area contributed by atoms with E-state index in [1.54, 1.807) is 0 Å². The minimum atomic E-state index is -0.139. The van der Waals surface area contributed by atoms with Crippen LogP contribution in [-0.4, -0.2) is 16.0 Å². The molecule has 3 atom stereocenters. The Morgan fingerprint density at radius 3 is 2.88 bits per heavy atom. The molecule has 0 radical (unpaired) electrons. The third-order valence-electron chi connectivity index (χ3n) is 3.74. The van der Waals surface area contributed by atoms with Gasteiger partial charge >= 0.3 is 0 Å². The van der Waals surface area contributed by atoms with Gasteiger partial charge in [0.2, 0.25) is 0 Å². The average Bonchev–Trinajstić information content (AvgIpc) is 2.30. The maximum atomic E-state index is 11.4. The van der Waals surface area contributed by atoms with Crippen LogP contribution in [0.3, 0.4) is 0 Å². The molecule has 0 aromatic carbocycles. The van der Waals surface area contributed by atoms with Gasteiger partial charge in [-0.1, -0.05) is 13.8 Å². The van der Waals surface area contributed by atoms with Crippen molar-refractivity contribution in [2.45, 2.75) is 39.2 Å². The second-order valence-electron chi connectivity index (χ2n) is 5.00. The first-order valence-corrected chi connectivity index (χ1v) is 6.87. The van der Waals surface area contributed by atoms with Gasteiger partial charge in [0, 0.05) is 6.04 Å². The lowest BCUT2D eigenvalue weighted by molar-refractivity contribution is 0.260. The van der Waals surface area contributed by atoms with Gasteiger partial charge in [0.25, 0.3) is 5.56 Å². The van der Waals surface area contributed by atoms with E-state index < -0.39 is 0 Å². The van der Waals surface area contributed by atoms with Crippen molar-refractivity contribution in [1.29, 1.82) is 0 Å². The van der Waals surface area contributed by atoms with E-state index in [2.05, 4.69) is 45.1 Å². The van der Waals surface area contributed by atoms with E-state index in [9.17, 15) is 4.79 Å². The maximum Gasteiger partial charge on any atom is 0.267 e. The number of hydrogen-bond donors (Lipinski definition) is 2. The van der Waals surface area contributed by atoms with E-state index in [0.717, 1.165) is 24.7 Å². The van der Waals surface area contributed by atoms with Gasteiger partial charge in [0.1, 0.15) is 10.3 Å². The summed E-state index contributed by atoms with van der Waals surface area (Å²) >= 11 is 3.27. The minimum Gasteiger partial charge on any atom is -0.366 e. The van der Waals surface area contributed by atoms with Crippen LogP contribution >= 0.6 is 15.9 Å². The summed E-state index contributed by atoms with van der Waals surface area (Å²) in [7, 11) is 0. The summed E-state index contributed by atoms with van der Waals surface area (Å²) in [6, 6.07) is 0.423. The van der Waals surface area contributed by atoms with Crippen LogP contribution in [0, 0.1) is 11.8 Å². The topological polar surface area (TPSA) is 57.8 Å². The normalized spacial score (nSPS) is 29.0. The second-order valence-corrected chi connectivity index (χ2v) is 5.80. The zero-order chi connectivity index (χ0) is 12.4. The Bertz CT molecular complexity index is 446. The molecule has 17 heavy (non-hydrogen) atoms. The van der Waals surface area contributed by atoms with E-state index in [4.69, 9.17) is 0 Å².